The summed E-state index contributed by atoms with van der Waals surface area (Å²) in [5, 5.41) is 0. The van der Waals surface area contributed by atoms with Crippen LogP contribution >= 0.6 is 38.5 Å². The molecular weight excluding hydrogens is 342 g/mol. The van der Waals surface area contributed by atoms with Crippen molar-refractivity contribution in [1.82, 2.24) is 9.97 Å². The number of aromatic amines is 1. The Hall–Kier alpha value is 0.0200. The highest BCUT2D eigenvalue weighted by molar-refractivity contribution is 14.1. The second-order valence-electron chi connectivity index (χ2n) is 2.28. The molecule has 1 heterocycles. The number of rotatable bonds is 1. The molecule has 0 saturated carbocycles. The lowest BCUT2D eigenvalue weighted by atomic mass is 10.3. The molecule has 0 bridgehead atoms. The summed E-state index contributed by atoms with van der Waals surface area (Å²) in [6.45, 7) is 1.33. The summed E-state index contributed by atoms with van der Waals surface area (Å²) >= 11 is 4.54. The van der Waals surface area contributed by atoms with Crippen molar-refractivity contribution in [2.75, 3.05) is 0 Å². The van der Waals surface area contributed by atoms with Gasteiger partial charge in [0.2, 0.25) is 3.68 Å². The fourth-order valence-corrected chi connectivity index (χ4v) is 2.06. The quantitative estimate of drug-likeness (QED) is 0.625. The Bertz CT molecular complexity index is 346. The van der Waals surface area contributed by atoms with Gasteiger partial charge in [-0.25, -0.2) is 9.37 Å². The molecule has 12 heavy (non-hydrogen) atoms. The molecule has 3 nitrogen and oxygen atoms in total. The largest absolute Gasteiger partial charge is 0.312 e. The summed E-state index contributed by atoms with van der Waals surface area (Å²) in [5.74, 6) is 0. The molecule has 1 atom stereocenters. The van der Waals surface area contributed by atoms with Crippen LogP contribution in [0.3, 0.4) is 0 Å². The summed E-state index contributed by atoms with van der Waals surface area (Å²) in [5.41, 5.74) is -0.271. The molecule has 0 fully saturated rings. The monoisotopic (exact) mass is 346 g/mol. The molecule has 6 heteroatoms. The van der Waals surface area contributed by atoms with E-state index in [0.717, 1.165) is 0 Å². The van der Waals surface area contributed by atoms with E-state index < -0.39 is 3.68 Å². The highest BCUT2D eigenvalue weighted by Crippen LogP contribution is 2.33. The van der Waals surface area contributed by atoms with Crippen LogP contribution in [0.1, 0.15) is 12.6 Å². The van der Waals surface area contributed by atoms with Crippen molar-refractivity contribution in [3.05, 3.63) is 26.8 Å². The zero-order valence-corrected chi connectivity index (χ0v) is 9.81. The maximum Gasteiger partial charge on any atom is 0.265 e. The van der Waals surface area contributed by atoms with Crippen molar-refractivity contribution in [2.45, 2.75) is 10.6 Å². The van der Waals surface area contributed by atoms with Crippen LogP contribution in [0.4, 0.5) is 4.39 Å². The lowest BCUT2D eigenvalue weighted by molar-refractivity contribution is 0.339. The first-order valence-corrected chi connectivity index (χ1v) is 4.91. The summed E-state index contributed by atoms with van der Waals surface area (Å²) in [7, 11) is 0. The van der Waals surface area contributed by atoms with Gasteiger partial charge in [0.05, 0.1) is 6.33 Å². The normalized spacial score (nSPS) is 15.7. The highest BCUT2D eigenvalue weighted by Gasteiger charge is 2.26. The van der Waals surface area contributed by atoms with E-state index in [2.05, 4.69) is 25.9 Å². The van der Waals surface area contributed by atoms with Gasteiger partial charge in [0.1, 0.15) is 10.2 Å². The fraction of sp³-hybridized carbons (Fsp3) is 0.333. The van der Waals surface area contributed by atoms with Crippen molar-refractivity contribution in [1.29, 1.82) is 0 Å². The molecule has 1 aromatic rings. The molecule has 0 spiro atoms. The van der Waals surface area contributed by atoms with Crippen molar-refractivity contribution < 1.29 is 4.39 Å². The molecule has 0 radical (unpaired) electrons. The van der Waals surface area contributed by atoms with Crippen LogP contribution < -0.4 is 5.56 Å². The minimum atomic E-state index is -1.63. The first kappa shape index (κ1) is 10.1. The molecule has 1 N–H and O–H groups in total. The van der Waals surface area contributed by atoms with Gasteiger partial charge in [0.25, 0.3) is 5.56 Å². The zero-order chi connectivity index (χ0) is 9.35. The smallest absolute Gasteiger partial charge is 0.265 e. The van der Waals surface area contributed by atoms with E-state index in [1.165, 1.54) is 13.3 Å². The number of alkyl halides is 2. The standard InChI is InChI=1S/C6H5BrFIN2O/c1-6(8,9)4-3(7)5(12)11-2-10-4/h2H,1H3,(H,10,11,12). The van der Waals surface area contributed by atoms with Gasteiger partial charge < -0.3 is 4.98 Å². The highest BCUT2D eigenvalue weighted by atomic mass is 127. The third-order valence-corrected chi connectivity index (χ3v) is 2.46. The number of aromatic nitrogens is 2. The van der Waals surface area contributed by atoms with Gasteiger partial charge in [-0.15, -0.1) is 0 Å². The molecule has 0 aliphatic heterocycles. The van der Waals surface area contributed by atoms with E-state index in [0.29, 0.717) is 0 Å². The van der Waals surface area contributed by atoms with Gasteiger partial charge in [-0.2, -0.15) is 0 Å². The van der Waals surface area contributed by atoms with Crippen LogP contribution in [0.15, 0.2) is 15.6 Å². The van der Waals surface area contributed by atoms with Gasteiger partial charge in [-0.3, -0.25) is 4.79 Å². The minimum Gasteiger partial charge on any atom is -0.312 e. The number of hydrogen-bond acceptors (Lipinski definition) is 2. The summed E-state index contributed by atoms with van der Waals surface area (Å²) < 4.78 is 11.8. The number of nitrogens with zero attached hydrogens (tertiary/aromatic N) is 1. The minimum absolute atomic E-state index is 0.104. The van der Waals surface area contributed by atoms with Crippen molar-refractivity contribution >= 4 is 38.5 Å². The Morgan fingerprint density at radius 2 is 2.42 bits per heavy atom. The first-order chi connectivity index (χ1) is 5.43. The average molecular weight is 347 g/mol. The Morgan fingerprint density at radius 1 is 1.83 bits per heavy atom. The van der Waals surface area contributed by atoms with Crippen LogP contribution in [0.2, 0.25) is 0 Å². The molecule has 0 aliphatic carbocycles. The Balaban J connectivity index is 3.36. The number of nitrogens with one attached hydrogen (secondary N) is 1. The van der Waals surface area contributed by atoms with Crippen LogP contribution in [-0.4, -0.2) is 9.97 Å². The summed E-state index contributed by atoms with van der Waals surface area (Å²) in [6, 6.07) is 0. The van der Waals surface area contributed by atoms with E-state index in [9.17, 15) is 9.18 Å². The molecule has 1 aromatic heterocycles. The van der Waals surface area contributed by atoms with Crippen molar-refractivity contribution in [2.24, 2.45) is 0 Å². The van der Waals surface area contributed by atoms with E-state index >= 15 is 0 Å². The Labute approximate surface area is 90.1 Å². The molecule has 66 valence electrons. The lowest BCUT2D eigenvalue weighted by Crippen LogP contribution is -2.17. The van der Waals surface area contributed by atoms with Crippen LogP contribution in [-0.2, 0) is 3.68 Å². The zero-order valence-electron chi connectivity index (χ0n) is 6.07. The lowest BCUT2D eigenvalue weighted by Gasteiger charge is -2.11. The average Bonchev–Trinajstić information content (AvgIpc) is 1.92. The van der Waals surface area contributed by atoms with E-state index in [-0.39, 0.29) is 15.7 Å². The topological polar surface area (TPSA) is 45.8 Å². The molecule has 1 unspecified atom stereocenters. The third-order valence-electron chi connectivity index (χ3n) is 1.21. The molecule has 0 aliphatic rings. The van der Waals surface area contributed by atoms with Crippen LogP contribution in [0.25, 0.3) is 0 Å². The molecular formula is C6H5BrFIN2O. The molecule has 0 aromatic carbocycles. The van der Waals surface area contributed by atoms with Crippen LogP contribution in [0, 0.1) is 0 Å². The van der Waals surface area contributed by atoms with Crippen molar-refractivity contribution in [3.8, 4) is 0 Å². The fourth-order valence-electron chi connectivity index (χ4n) is 0.689. The summed E-state index contributed by atoms with van der Waals surface area (Å²) in [6.07, 6.45) is 1.18. The summed E-state index contributed by atoms with van der Waals surface area (Å²) in [4.78, 5) is 17.0. The number of H-pyrrole nitrogens is 1. The maximum atomic E-state index is 13.3. The van der Waals surface area contributed by atoms with E-state index in [1.54, 1.807) is 22.6 Å². The Morgan fingerprint density at radius 3 is 2.83 bits per heavy atom. The van der Waals surface area contributed by atoms with Gasteiger partial charge in [0, 0.05) is 0 Å². The SMILES string of the molecule is CC(F)(I)c1nc[nH]c(=O)c1Br. The van der Waals surface area contributed by atoms with Gasteiger partial charge in [-0.05, 0) is 45.4 Å². The predicted molar refractivity (Wildman–Crippen MR) is 55.0 cm³/mol. The van der Waals surface area contributed by atoms with Gasteiger partial charge in [-0.1, -0.05) is 0 Å². The second-order valence-corrected chi connectivity index (χ2v) is 5.10. The van der Waals surface area contributed by atoms with E-state index in [1.807, 2.05) is 0 Å². The first-order valence-electron chi connectivity index (χ1n) is 3.04. The molecule has 0 amide bonds. The molecule has 1 rings (SSSR count). The van der Waals surface area contributed by atoms with Crippen molar-refractivity contribution in [3.63, 3.8) is 0 Å². The van der Waals surface area contributed by atoms with Gasteiger partial charge >= 0.3 is 0 Å². The van der Waals surface area contributed by atoms with Gasteiger partial charge in [0.15, 0.2) is 0 Å². The second kappa shape index (κ2) is 3.41. The third kappa shape index (κ3) is 2.03. The molecule has 0 saturated heterocycles. The number of hydrogen-bond donors (Lipinski definition) is 1. The Kier molecular flexibility index (Phi) is 2.87. The van der Waals surface area contributed by atoms with Crippen LogP contribution in [0.5, 0.6) is 0 Å². The van der Waals surface area contributed by atoms with E-state index in [4.69, 9.17) is 0 Å². The predicted octanol–water partition coefficient (Wildman–Crippen LogP) is 2.11. The maximum absolute atomic E-state index is 13.3. The number of halogens is 3.